The van der Waals surface area contributed by atoms with E-state index < -0.39 is 26.8 Å². The van der Waals surface area contributed by atoms with Crippen molar-refractivity contribution in [2.24, 2.45) is 0 Å². The number of nitrogens with zero attached hydrogens (tertiary/aromatic N) is 1. The third-order valence-corrected chi connectivity index (χ3v) is 6.88. The molecule has 3 aromatic carbocycles. The molecular formula is C26H27F3N2O5S. The van der Waals surface area contributed by atoms with Crippen molar-refractivity contribution < 1.29 is 35.3 Å². The third-order valence-electron chi connectivity index (χ3n) is 5.64. The van der Waals surface area contributed by atoms with Crippen LogP contribution in [-0.4, -0.2) is 32.5 Å². The van der Waals surface area contributed by atoms with Crippen molar-refractivity contribution in [2.75, 3.05) is 12.4 Å². The first-order valence-corrected chi connectivity index (χ1v) is 12.8. The molecule has 0 aromatic heterocycles. The number of rotatable bonds is 9. The second-order valence-electron chi connectivity index (χ2n) is 8.25. The van der Waals surface area contributed by atoms with E-state index in [1.807, 2.05) is 13.8 Å². The van der Waals surface area contributed by atoms with Crippen LogP contribution in [0.5, 0.6) is 11.5 Å². The van der Waals surface area contributed by atoms with Crippen molar-refractivity contribution in [1.29, 1.82) is 0 Å². The number of hydrogen-bond acceptors (Lipinski definition) is 5. The van der Waals surface area contributed by atoms with Gasteiger partial charge in [0.1, 0.15) is 16.4 Å². The molecule has 0 bridgehead atoms. The molecule has 7 nitrogen and oxygen atoms in total. The zero-order valence-corrected chi connectivity index (χ0v) is 21.3. The normalized spacial score (nSPS) is 12.5. The molecule has 2 amide bonds. The summed E-state index contributed by atoms with van der Waals surface area (Å²) in [5.41, 5.74) is 0.177. The standard InChI is InChI=1S/C26H27F3N2O5S/c1-4-18(2)31(25(32)30-21-8-6-9-23(16-21)35-3)17-19-11-13-22(14-12-19)36-37(33,34)24-10-5-7-20(15-24)26(27,28)29/h5-16,18H,4,17H2,1-3H3,(H,30,32)/t18-/m1/s1. The Morgan fingerprint density at radius 3 is 2.30 bits per heavy atom. The Labute approximate surface area is 213 Å². The number of amides is 2. The first kappa shape index (κ1) is 27.9. The molecule has 37 heavy (non-hydrogen) atoms. The number of ether oxygens (including phenoxy) is 1. The number of carbonyl (C=O) groups is 1. The Morgan fingerprint density at radius 2 is 1.68 bits per heavy atom. The molecule has 0 heterocycles. The summed E-state index contributed by atoms with van der Waals surface area (Å²) in [6, 6.07) is 15.8. The van der Waals surface area contributed by atoms with Crippen LogP contribution in [0.15, 0.2) is 77.7 Å². The van der Waals surface area contributed by atoms with Gasteiger partial charge in [0.15, 0.2) is 0 Å². The third kappa shape index (κ3) is 7.39. The zero-order chi connectivity index (χ0) is 27.2. The fourth-order valence-electron chi connectivity index (χ4n) is 3.39. The fourth-order valence-corrected chi connectivity index (χ4v) is 4.37. The van der Waals surface area contributed by atoms with Gasteiger partial charge >= 0.3 is 22.3 Å². The van der Waals surface area contributed by atoms with Crippen LogP contribution in [0, 0.1) is 0 Å². The zero-order valence-electron chi connectivity index (χ0n) is 20.5. The molecule has 0 aliphatic rings. The van der Waals surface area contributed by atoms with Gasteiger partial charge in [-0.05, 0) is 61.4 Å². The molecule has 0 fully saturated rings. The van der Waals surface area contributed by atoms with Crippen LogP contribution >= 0.6 is 0 Å². The Hall–Kier alpha value is -3.73. The molecule has 0 unspecified atom stereocenters. The van der Waals surface area contributed by atoms with Crippen molar-refractivity contribution in [1.82, 2.24) is 4.90 Å². The Kier molecular flexibility index (Phi) is 8.69. The summed E-state index contributed by atoms with van der Waals surface area (Å²) in [6.45, 7) is 4.09. The SMILES string of the molecule is CC[C@@H](C)N(Cc1ccc(OS(=O)(=O)c2cccc(C(F)(F)F)c2)cc1)C(=O)Nc1cccc(OC)c1. The van der Waals surface area contributed by atoms with Gasteiger partial charge in [-0.15, -0.1) is 0 Å². The highest BCUT2D eigenvalue weighted by Crippen LogP contribution is 2.31. The Bertz CT molecular complexity index is 1330. The number of benzene rings is 3. The van der Waals surface area contributed by atoms with Crippen molar-refractivity contribution in [2.45, 2.75) is 43.9 Å². The van der Waals surface area contributed by atoms with Crippen LogP contribution in [0.1, 0.15) is 31.4 Å². The largest absolute Gasteiger partial charge is 0.497 e. The molecule has 3 rings (SSSR count). The highest BCUT2D eigenvalue weighted by atomic mass is 32.2. The average Bonchev–Trinajstić information content (AvgIpc) is 2.87. The summed E-state index contributed by atoms with van der Waals surface area (Å²) < 4.78 is 74.1. The van der Waals surface area contributed by atoms with Gasteiger partial charge in [0.25, 0.3) is 0 Å². The molecule has 198 valence electrons. The monoisotopic (exact) mass is 536 g/mol. The molecule has 0 spiro atoms. The highest BCUT2D eigenvalue weighted by molar-refractivity contribution is 7.87. The minimum absolute atomic E-state index is 0.0721. The van der Waals surface area contributed by atoms with E-state index in [0.717, 1.165) is 18.2 Å². The quantitative estimate of drug-likeness (QED) is 0.324. The van der Waals surface area contributed by atoms with Crippen LogP contribution in [0.25, 0.3) is 0 Å². The number of urea groups is 1. The van der Waals surface area contributed by atoms with Crippen LogP contribution < -0.4 is 14.2 Å². The lowest BCUT2D eigenvalue weighted by atomic mass is 10.1. The highest BCUT2D eigenvalue weighted by Gasteiger charge is 2.32. The fraction of sp³-hybridized carbons (Fsp3) is 0.269. The smallest absolute Gasteiger partial charge is 0.416 e. The van der Waals surface area contributed by atoms with Crippen LogP contribution in [0.4, 0.5) is 23.7 Å². The average molecular weight is 537 g/mol. The summed E-state index contributed by atoms with van der Waals surface area (Å²) in [7, 11) is -2.96. The first-order chi connectivity index (χ1) is 17.4. The van der Waals surface area contributed by atoms with E-state index in [4.69, 9.17) is 8.92 Å². The van der Waals surface area contributed by atoms with Crippen LogP contribution in [0.2, 0.25) is 0 Å². The maximum Gasteiger partial charge on any atom is 0.416 e. The van der Waals surface area contributed by atoms with Crippen LogP contribution in [0.3, 0.4) is 0 Å². The first-order valence-electron chi connectivity index (χ1n) is 11.4. The Morgan fingerprint density at radius 1 is 1.00 bits per heavy atom. The molecule has 1 atom stereocenters. The minimum Gasteiger partial charge on any atom is -0.497 e. The van der Waals surface area contributed by atoms with E-state index in [9.17, 15) is 26.4 Å². The van der Waals surface area contributed by atoms with Gasteiger partial charge in [-0.1, -0.05) is 31.2 Å². The van der Waals surface area contributed by atoms with E-state index in [2.05, 4.69) is 5.32 Å². The van der Waals surface area contributed by atoms with Gasteiger partial charge in [0, 0.05) is 24.3 Å². The van der Waals surface area contributed by atoms with Gasteiger partial charge in [-0.3, -0.25) is 0 Å². The number of methoxy groups -OCH3 is 1. The van der Waals surface area contributed by atoms with E-state index >= 15 is 0 Å². The van der Waals surface area contributed by atoms with E-state index in [0.29, 0.717) is 29.5 Å². The molecule has 0 aliphatic carbocycles. The number of alkyl halides is 3. The maximum absolute atomic E-state index is 13.0. The van der Waals surface area contributed by atoms with Gasteiger partial charge in [-0.25, -0.2) is 4.79 Å². The summed E-state index contributed by atoms with van der Waals surface area (Å²) in [5, 5.41) is 2.85. The number of nitrogens with one attached hydrogen (secondary N) is 1. The lowest BCUT2D eigenvalue weighted by molar-refractivity contribution is -0.137. The number of hydrogen-bond donors (Lipinski definition) is 1. The van der Waals surface area contributed by atoms with Crippen molar-refractivity contribution in [3.05, 3.63) is 83.9 Å². The topological polar surface area (TPSA) is 84.9 Å². The lowest BCUT2D eigenvalue weighted by Gasteiger charge is -2.29. The van der Waals surface area contributed by atoms with Gasteiger partial charge in [0.2, 0.25) is 0 Å². The summed E-state index contributed by atoms with van der Waals surface area (Å²) in [5.74, 6) is 0.528. The maximum atomic E-state index is 13.0. The summed E-state index contributed by atoms with van der Waals surface area (Å²) in [6.07, 6.45) is -3.99. The van der Waals surface area contributed by atoms with Crippen molar-refractivity contribution >= 4 is 21.8 Å². The summed E-state index contributed by atoms with van der Waals surface area (Å²) >= 11 is 0. The molecule has 1 N–H and O–H groups in total. The molecule has 3 aromatic rings. The predicted molar refractivity (Wildman–Crippen MR) is 133 cm³/mol. The van der Waals surface area contributed by atoms with E-state index in [1.54, 1.807) is 41.3 Å². The van der Waals surface area contributed by atoms with Gasteiger partial charge in [-0.2, -0.15) is 21.6 Å². The molecular weight excluding hydrogens is 509 g/mol. The van der Waals surface area contributed by atoms with Gasteiger partial charge in [0.05, 0.1) is 12.7 Å². The summed E-state index contributed by atoms with van der Waals surface area (Å²) in [4.78, 5) is 14.0. The Balaban J connectivity index is 1.73. The van der Waals surface area contributed by atoms with Crippen molar-refractivity contribution in [3.8, 4) is 11.5 Å². The molecule has 0 aliphatic heterocycles. The second-order valence-corrected chi connectivity index (χ2v) is 9.80. The van der Waals surface area contributed by atoms with Crippen molar-refractivity contribution in [3.63, 3.8) is 0 Å². The number of carbonyl (C=O) groups excluding carboxylic acids is 1. The molecule has 0 saturated carbocycles. The molecule has 0 saturated heterocycles. The number of anilines is 1. The van der Waals surface area contributed by atoms with Gasteiger partial charge < -0.3 is 19.1 Å². The van der Waals surface area contributed by atoms with Crippen LogP contribution in [-0.2, 0) is 22.8 Å². The lowest BCUT2D eigenvalue weighted by Crippen LogP contribution is -2.40. The second kappa shape index (κ2) is 11.5. The molecule has 0 radical (unpaired) electrons. The minimum atomic E-state index is -4.69. The predicted octanol–water partition coefficient (Wildman–Crippen LogP) is 6.31. The van der Waals surface area contributed by atoms with E-state index in [1.165, 1.54) is 19.2 Å². The number of halogens is 3. The molecule has 11 heteroatoms. The van der Waals surface area contributed by atoms with E-state index in [-0.39, 0.29) is 24.4 Å².